The third-order valence-electron chi connectivity index (χ3n) is 3.96. The predicted octanol–water partition coefficient (Wildman–Crippen LogP) is 0.128. The van der Waals surface area contributed by atoms with Crippen molar-refractivity contribution in [1.82, 2.24) is 15.5 Å². The number of halogens is 1. The first-order chi connectivity index (χ1) is 9.59. The molecule has 0 aromatic carbocycles. The first-order valence-corrected chi connectivity index (χ1v) is 7.20. The fourth-order valence-corrected chi connectivity index (χ4v) is 2.84. The van der Waals surface area contributed by atoms with Gasteiger partial charge >= 0.3 is 6.03 Å². The molecule has 1 saturated heterocycles. The van der Waals surface area contributed by atoms with Crippen LogP contribution in [0, 0.1) is 0 Å². The Morgan fingerprint density at radius 3 is 2.57 bits per heavy atom. The quantitative estimate of drug-likeness (QED) is 0.495. The van der Waals surface area contributed by atoms with Crippen LogP contribution in [0.4, 0.5) is 4.79 Å². The highest BCUT2D eigenvalue weighted by Gasteiger charge is 2.51. The lowest BCUT2D eigenvalue weighted by Crippen LogP contribution is -2.49. The Balaban J connectivity index is 0.00000220. The summed E-state index contributed by atoms with van der Waals surface area (Å²) in [6, 6.07) is -0.453. The molecule has 21 heavy (non-hydrogen) atoms. The highest BCUT2D eigenvalue weighted by atomic mass is 35.5. The van der Waals surface area contributed by atoms with Gasteiger partial charge in [-0.25, -0.2) is 4.79 Å². The summed E-state index contributed by atoms with van der Waals surface area (Å²) in [5.74, 6) is -0.578. The summed E-state index contributed by atoms with van der Waals surface area (Å²) < 4.78 is 0. The van der Waals surface area contributed by atoms with Crippen molar-refractivity contribution in [3.8, 4) is 0 Å². The maximum atomic E-state index is 12.4. The largest absolute Gasteiger partial charge is 0.354 e. The van der Waals surface area contributed by atoms with E-state index in [1.165, 1.54) is 0 Å². The van der Waals surface area contributed by atoms with Gasteiger partial charge in [-0.05, 0) is 25.8 Å². The van der Waals surface area contributed by atoms with Gasteiger partial charge < -0.3 is 16.4 Å². The van der Waals surface area contributed by atoms with E-state index in [1.807, 2.05) is 0 Å². The Morgan fingerprint density at radius 2 is 1.95 bits per heavy atom. The van der Waals surface area contributed by atoms with Crippen molar-refractivity contribution in [2.45, 2.75) is 44.1 Å². The van der Waals surface area contributed by atoms with Gasteiger partial charge in [0, 0.05) is 6.54 Å². The Hall–Kier alpha value is -1.34. The minimum atomic E-state index is -0.757. The third kappa shape index (κ3) is 3.85. The van der Waals surface area contributed by atoms with Gasteiger partial charge in [0.25, 0.3) is 5.91 Å². The summed E-state index contributed by atoms with van der Waals surface area (Å²) >= 11 is 0. The van der Waals surface area contributed by atoms with Crippen LogP contribution in [0.15, 0.2) is 0 Å². The standard InChI is InChI=1S/C13H22N4O3.ClH/c14-7-4-8-15-10(18)9-17-11(19)13(16-12(17)20)5-2-1-3-6-13;/h1-9,14H2,(H,15,18)(H,16,20);1H. The number of nitrogens with one attached hydrogen (secondary N) is 2. The Kier molecular flexibility index (Phi) is 6.42. The van der Waals surface area contributed by atoms with Crippen LogP contribution in [0.1, 0.15) is 38.5 Å². The SMILES string of the molecule is Cl.NCCCNC(=O)CN1C(=O)NC2(CCCCC2)C1=O. The van der Waals surface area contributed by atoms with Crippen molar-refractivity contribution < 1.29 is 14.4 Å². The number of urea groups is 1. The van der Waals surface area contributed by atoms with Crippen LogP contribution < -0.4 is 16.4 Å². The molecule has 2 aliphatic rings. The van der Waals surface area contributed by atoms with Crippen molar-refractivity contribution >= 4 is 30.3 Å². The first-order valence-electron chi connectivity index (χ1n) is 7.20. The number of nitrogens with zero attached hydrogens (tertiary/aromatic N) is 1. The van der Waals surface area contributed by atoms with Crippen LogP contribution in [0.25, 0.3) is 0 Å². The molecule has 1 aliphatic carbocycles. The number of hydrogen-bond donors (Lipinski definition) is 3. The molecule has 0 aromatic heterocycles. The molecule has 0 aromatic rings. The van der Waals surface area contributed by atoms with Crippen molar-refractivity contribution in [2.75, 3.05) is 19.6 Å². The maximum Gasteiger partial charge on any atom is 0.325 e. The molecule has 4 amide bonds. The fraction of sp³-hybridized carbons (Fsp3) is 0.769. The number of imide groups is 1. The average molecular weight is 319 g/mol. The van der Waals surface area contributed by atoms with E-state index in [2.05, 4.69) is 10.6 Å². The smallest absolute Gasteiger partial charge is 0.325 e. The van der Waals surface area contributed by atoms with Crippen molar-refractivity contribution in [2.24, 2.45) is 5.73 Å². The molecule has 1 aliphatic heterocycles. The number of amides is 4. The number of carbonyl (C=O) groups is 3. The van der Waals surface area contributed by atoms with E-state index in [4.69, 9.17) is 5.73 Å². The van der Waals surface area contributed by atoms with Gasteiger partial charge in [-0.15, -0.1) is 12.4 Å². The summed E-state index contributed by atoms with van der Waals surface area (Å²) in [5.41, 5.74) is 4.58. The molecule has 4 N–H and O–H groups in total. The zero-order chi connectivity index (χ0) is 14.6. The topological polar surface area (TPSA) is 105 Å². The summed E-state index contributed by atoms with van der Waals surface area (Å²) in [4.78, 5) is 37.1. The first kappa shape index (κ1) is 17.7. The van der Waals surface area contributed by atoms with E-state index in [0.717, 1.165) is 24.2 Å². The maximum absolute atomic E-state index is 12.4. The molecule has 1 heterocycles. The minimum absolute atomic E-state index is 0. The highest BCUT2D eigenvalue weighted by molar-refractivity contribution is 6.09. The fourth-order valence-electron chi connectivity index (χ4n) is 2.84. The molecule has 7 nitrogen and oxygen atoms in total. The molecule has 0 unspecified atom stereocenters. The van der Waals surface area contributed by atoms with Crippen LogP contribution in [-0.2, 0) is 9.59 Å². The van der Waals surface area contributed by atoms with Crippen LogP contribution in [0.3, 0.4) is 0 Å². The lowest BCUT2D eigenvalue weighted by molar-refractivity contribution is -0.135. The third-order valence-corrected chi connectivity index (χ3v) is 3.96. The van der Waals surface area contributed by atoms with E-state index in [9.17, 15) is 14.4 Å². The predicted molar refractivity (Wildman–Crippen MR) is 80.0 cm³/mol. The summed E-state index contributed by atoms with van der Waals surface area (Å²) in [5, 5.41) is 5.43. The second-order valence-corrected chi connectivity index (χ2v) is 5.46. The van der Waals surface area contributed by atoms with Gasteiger partial charge in [0.15, 0.2) is 0 Å². The van der Waals surface area contributed by atoms with Gasteiger partial charge in [0.05, 0.1) is 0 Å². The normalized spacial score (nSPS) is 20.1. The molecule has 1 spiro atoms. The number of rotatable bonds is 5. The minimum Gasteiger partial charge on any atom is -0.354 e. The lowest BCUT2D eigenvalue weighted by atomic mass is 9.82. The molecular weight excluding hydrogens is 296 g/mol. The van der Waals surface area contributed by atoms with Crippen LogP contribution in [-0.4, -0.2) is 47.9 Å². The number of hydrogen-bond acceptors (Lipinski definition) is 4. The van der Waals surface area contributed by atoms with E-state index >= 15 is 0 Å². The van der Waals surface area contributed by atoms with E-state index in [0.29, 0.717) is 32.4 Å². The Labute approximate surface area is 130 Å². The van der Waals surface area contributed by atoms with Gasteiger partial charge in [0.1, 0.15) is 12.1 Å². The van der Waals surface area contributed by atoms with Gasteiger partial charge in [-0.1, -0.05) is 19.3 Å². The van der Waals surface area contributed by atoms with Crippen LogP contribution in [0.2, 0.25) is 0 Å². The van der Waals surface area contributed by atoms with Gasteiger partial charge in [-0.3, -0.25) is 14.5 Å². The van der Waals surface area contributed by atoms with Crippen molar-refractivity contribution in [3.63, 3.8) is 0 Å². The van der Waals surface area contributed by atoms with Crippen molar-refractivity contribution in [3.05, 3.63) is 0 Å². The zero-order valence-corrected chi connectivity index (χ0v) is 12.8. The Morgan fingerprint density at radius 1 is 1.29 bits per heavy atom. The second kappa shape index (κ2) is 7.61. The highest BCUT2D eigenvalue weighted by Crippen LogP contribution is 2.33. The molecule has 0 atom stereocenters. The summed E-state index contributed by atoms with van der Waals surface area (Å²) in [6.45, 7) is 0.744. The molecule has 120 valence electrons. The molecular formula is C13H23ClN4O3. The monoisotopic (exact) mass is 318 g/mol. The molecule has 0 radical (unpaired) electrons. The van der Waals surface area contributed by atoms with Crippen LogP contribution in [0.5, 0.6) is 0 Å². The number of carbonyl (C=O) groups excluding carboxylic acids is 3. The lowest BCUT2D eigenvalue weighted by Gasteiger charge is -2.30. The van der Waals surface area contributed by atoms with Gasteiger partial charge in [0.2, 0.25) is 5.91 Å². The average Bonchev–Trinajstić information content (AvgIpc) is 2.65. The molecule has 2 rings (SSSR count). The summed E-state index contributed by atoms with van der Waals surface area (Å²) in [6.07, 6.45) is 4.97. The number of nitrogens with two attached hydrogens (primary N) is 1. The molecule has 0 bridgehead atoms. The summed E-state index contributed by atoms with van der Waals surface area (Å²) in [7, 11) is 0. The van der Waals surface area contributed by atoms with Crippen LogP contribution >= 0.6 is 12.4 Å². The second-order valence-electron chi connectivity index (χ2n) is 5.46. The van der Waals surface area contributed by atoms with Gasteiger partial charge in [-0.2, -0.15) is 0 Å². The van der Waals surface area contributed by atoms with E-state index < -0.39 is 11.6 Å². The molecule has 2 fully saturated rings. The molecule has 1 saturated carbocycles. The molecule has 8 heteroatoms. The Bertz CT molecular complexity index is 410. The van der Waals surface area contributed by atoms with Crippen molar-refractivity contribution in [1.29, 1.82) is 0 Å². The van der Waals surface area contributed by atoms with E-state index in [1.54, 1.807) is 0 Å². The zero-order valence-electron chi connectivity index (χ0n) is 12.0. The van der Waals surface area contributed by atoms with E-state index in [-0.39, 0.29) is 30.8 Å².